The van der Waals surface area contributed by atoms with Crippen LogP contribution in [0, 0.1) is 5.82 Å². The molecule has 0 unspecified atom stereocenters. The molecule has 0 bridgehead atoms. The van der Waals surface area contributed by atoms with Gasteiger partial charge in [-0.1, -0.05) is 67.6 Å². The molecule has 0 aliphatic heterocycles. The number of methoxy groups -OCH3 is 1. The maximum Gasteiger partial charge on any atom is 0.264 e. The SMILES string of the molecule is CCCNC(=O)[C@@H](Cc1ccccc1)N(Cc1ccccc1)C(=O)CN(c1ccc(F)cc1)S(=O)(=O)c1ccc(OC)cc1. The number of carbonyl (C=O) groups is 2. The van der Waals surface area contributed by atoms with Gasteiger partial charge in [0.1, 0.15) is 24.2 Å². The Morgan fingerprint density at radius 1 is 0.841 bits per heavy atom. The molecule has 1 atom stereocenters. The zero-order valence-electron chi connectivity index (χ0n) is 24.7. The lowest BCUT2D eigenvalue weighted by molar-refractivity contribution is -0.140. The fraction of sp³-hybridized carbons (Fsp3) is 0.235. The molecule has 0 spiro atoms. The van der Waals surface area contributed by atoms with Crippen molar-refractivity contribution in [2.75, 3.05) is 24.5 Å². The second-order valence-electron chi connectivity index (χ2n) is 10.2. The zero-order valence-corrected chi connectivity index (χ0v) is 25.5. The van der Waals surface area contributed by atoms with Gasteiger partial charge in [0, 0.05) is 19.5 Å². The van der Waals surface area contributed by atoms with Crippen molar-refractivity contribution < 1.29 is 27.1 Å². The number of anilines is 1. The van der Waals surface area contributed by atoms with Crippen LogP contribution in [-0.4, -0.2) is 51.4 Å². The number of rotatable bonds is 14. The first-order chi connectivity index (χ1) is 21.2. The quantitative estimate of drug-likeness (QED) is 0.210. The number of nitrogens with zero attached hydrogens (tertiary/aromatic N) is 2. The van der Waals surface area contributed by atoms with Gasteiger partial charge in [0.05, 0.1) is 17.7 Å². The van der Waals surface area contributed by atoms with Crippen LogP contribution in [0.15, 0.2) is 114 Å². The molecule has 44 heavy (non-hydrogen) atoms. The smallest absolute Gasteiger partial charge is 0.264 e. The summed E-state index contributed by atoms with van der Waals surface area (Å²) in [5, 5.41) is 2.91. The highest BCUT2D eigenvalue weighted by Gasteiger charge is 2.34. The van der Waals surface area contributed by atoms with E-state index in [1.807, 2.05) is 67.6 Å². The Kier molecular flexibility index (Phi) is 11.1. The van der Waals surface area contributed by atoms with E-state index in [1.165, 1.54) is 48.4 Å². The molecule has 230 valence electrons. The van der Waals surface area contributed by atoms with Crippen LogP contribution in [0.5, 0.6) is 5.75 Å². The van der Waals surface area contributed by atoms with Crippen molar-refractivity contribution in [1.82, 2.24) is 10.2 Å². The van der Waals surface area contributed by atoms with Crippen molar-refractivity contribution in [2.45, 2.75) is 37.2 Å². The maximum absolute atomic E-state index is 14.3. The third kappa shape index (κ3) is 8.23. The fourth-order valence-electron chi connectivity index (χ4n) is 4.71. The molecule has 0 saturated heterocycles. The molecule has 0 aliphatic carbocycles. The van der Waals surface area contributed by atoms with E-state index in [0.29, 0.717) is 18.7 Å². The van der Waals surface area contributed by atoms with Gasteiger partial charge in [-0.3, -0.25) is 13.9 Å². The molecule has 0 radical (unpaired) electrons. The average molecular weight is 618 g/mol. The second kappa shape index (κ2) is 15.2. The third-order valence-corrected chi connectivity index (χ3v) is 8.85. The summed E-state index contributed by atoms with van der Waals surface area (Å²) >= 11 is 0. The largest absolute Gasteiger partial charge is 0.497 e. The number of nitrogens with one attached hydrogen (secondary N) is 1. The Morgan fingerprint density at radius 2 is 1.43 bits per heavy atom. The minimum absolute atomic E-state index is 0.0660. The highest BCUT2D eigenvalue weighted by molar-refractivity contribution is 7.92. The molecular weight excluding hydrogens is 581 g/mol. The lowest BCUT2D eigenvalue weighted by atomic mass is 10.0. The normalized spacial score (nSPS) is 11.8. The summed E-state index contributed by atoms with van der Waals surface area (Å²) in [6, 6.07) is 28.3. The molecule has 8 nitrogen and oxygen atoms in total. The van der Waals surface area contributed by atoms with E-state index < -0.39 is 34.3 Å². The number of hydrogen-bond acceptors (Lipinski definition) is 5. The molecule has 4 aromatic rings. The Balaban J connectivity index is 1.77. The topological polar surface area (TPSA) is 96.0 Å². The molecule has 4 rings (SSSR count). The second-order valence-corrected chi connectivity index (χ2v) is 12.0. The number of benzene rings is 4. The first-order valence-electron chi connectivity index (χ1n) is 14.3. The molecule has 0 fully saturated rings. The number of amides is 2. The summed E-state index contributed by atoms with van der Waals surface area (Å²) in [7, 11) is -2.84. The number of halogens is 1. The summed E-state index contributed by atoms with van der Waals surface area (Å²) in [6.07, 6.45) is 0.922. The summed E-state index contributed by atoms with van der Waals surface area (Å²) in [5.41, 5.74) is 1.72. The van der Waals surface area contributed by atoms with Crippen LogP contribution in [0.25, 0.3) is 0 Å². The van der Waals surface area contributed by atoms with Crippen LogP contribution < -0.4 is 14.4 Å². The standard InChI is InChI=1S/C34H36FN3O5S/c1-3-22-36-34(40)32(23-26-10-6-4-7-11-26)37(24-27-12-8-5-9-13-27)33(39)25-38(29-16-14-28(35)15-17-29)44(41,42)31-20-18-30(43-2)19-21-31/h4-21,32H,3,22-25H2,1-2H3,(H,36,40)/t32-/m1/s1. The third-order valence-electron chi connectivity index (χ3n) is 7.06. The van der Waals surface area contributed by atoms with Crippen molar-refractivity contribution >= 4 is 27.5 Å². The Hall–Kier alpha value is -4.70. The first-order valence-corrected chi connectivity index (χ1v) is 15.7. The lowest BCUT2D eigenvalue weighted by Gasteiger charge is -2.34. The van der Waals surface area contributed by atoms with Crippen molar-refractivity contribution in [3.05, 3.63) is 126 Å². The van der Waals surface area contributed by atoms with Gasteiger partial charge < -0.3 is 15.0 Å². The summed E-state index contributed by atoms with van der Waals surface area (Å²) in [5.74, 6) is -1.03. The molecule has 1 N–H and O–H groups in total. The van der Waals surface area contributed by atoms with Gasteiger partial charge in [-0.15, -0.1) is 0 Å². The van der Waals surface area contributed by atoms with Crippen molar-refractivity contribution in [2.24, 2.45) is 0 Å². The van der Waals surface area contributed by atoms with Crippen molar-refractivity contribution in [3.8, 4) is 5.75 Å². The van der Waals surface area contributed by atoms with E-state index in [1.54, 1.807) is 0 Å². The van der Waals surface area contributed by atoms with Gasteiger partial charge in [-0.2, -0.15) is 0 Å². The molecule has 2 amide bonds. The van der Waals surface area contributed by atoms with Gasteiger partial charge in [-0.25, -0.2) is 12.8 Å². The molecular formula is C34H36FN3O5S. The summed E-state index contributed by atoms with van der Waals surface area (Å²) < 4.78 is 48.0. The highest BCUT2D eigenvalue weighted by atomic mass is 32.2. The maximum atomic E-state index is 14.3. The minimum Gasteiger partial charge on any atom is -0.497 e. The fourth-order valence-corrected chi connectivity index (χ4v) is 6.13. The predicted octanol–water partition coefficient (Wildman–Crippen LogP) is 5.20. The number of hydrogen-bond donors (Lipinski definition) is 1. The van der Waals surface area contributed by atoms with E-state index in [-0.39, 0.29) is 29.5 Å². The molecule has 10 heteroatoms. The van der Waals surface area contributed by atoms with Crippen molar-refractivity contribution in [3.63, 3.8) is 0 Å². The zero-order chi connectivity index (χ0) is 31.5. The highest BCUT2D eigenvalue weighted by Crippen LogP contribution is 2.26. The Labute approximate surface area is 258 Å². The minimum atomic E-state index is -4.31. The van der Waals surface area contributed by atoms with Gasteiger partial charge >= 0.3 is 0 Å². The number of carbonyl (C=O) groups excluding carboxylic acids is 2. The van der Waals surface area contributed by atoms with Crippen LogP contribution in [0.2, 0.25) is 0 Å². The lowest BCUT2D eigenvalue weighted by Crippen LogP contribution is -2.53. The van der Waals surface area contributed by atoms with E-state index in [4.69, 9.17) is 4.74 Å². The van der Waals surface area contributed by atoms with Crippen LogP contribution >= 0.6 is 0 Å². The van der Waals surface area contributed by atoms with Crippen LogP contribution in [0.4, 0.5) is 10.1 Å². The average Bonchev–Trinajstić information content (AvgIpc) is 3.05. The Bertz CT molecular complexity index is 1620. The van der Waals surface area contributed by atoms with E-state index in [2.05, 4.69) is 5.32 Å². The van der Waals surface area contributed by atoms with E-state index in [0.717, 1.165) is 27.6 Å². The predicted molar refractivity (Wildman–Crippen MR) is 168 cm³/mol. The van der Waals surface area contributed by atoms with Gasteiger partial charge in [0.15, 0.2) is 0 Å². The van der Waals surface area contributed by atoms with Crippen LogP contribution in [-0.2, 0) is 32.6 Å². The molecule has 4 aromatic carbocycles. The van der Waals surface area contributed by atoms with E-state index in [9.17, 15) is 22.4 Å². The molecule has 0 aromatic heterocycles. The van der Waals surface area contributed by atoms with Crippen LogP contribution in [0.3, 0.4) is 0 Å². The van der Waals surface area contributed by atoms with Crippen molar-refractivity contribution in [1.29, 1.82) is 0 Å². The van der Waals surface area contributed by atoms with Crippen LogP contribution in [0.1, 0.15) is 24.5 Å². The monoisotopic (exact) mass is 617 g/mol. The first kappa shape index (κ1) is 32.2. The molecule has 0 heterocycles. The molecule has 0 aliphatic rings. The van der Waals surface area contributed by atoms with Gasteiger partial charge in [0.2, 0.25) is 11.8 Å². The number of sulfonamides is 1. The summed E-state index contributed by atoms with van der Waals surface area (Å²) in [4.78, 5) is 29.3. The number of ether oxygens (including phenoxy) is 1. The van der Waals surface area contributed by atoms with E-state index >= 15 is 0 Å². The molecule has 0 saturated carbocycles. The van der Waals surface area contributed by atoms with Gasteiger partial charge in [0.25, 0.3) is 10.0 Å². The summed E-state index contributed by atoms with van der Waals surface area (Å²) in [6.45, 7) is 1.80. The Morgan fingerprint density at radius 3 is 2.00 bits per heavy atom. The van der Waals surface area contributed by atoms with Gasteiger partial charge in [-0.05, 0) is 66.1 Å².